The van der Waals surface area contributed by atoms with Gasteiger partial charge in [-0.1, -0.05) is 28.1 Å². The molecule has 4 nitrogen and oxygen atoms in total. The zero-order valence-electron chi connectivity index (χ0n) is 14.0. The quantitative estimate of drug-likeness (QED) is 0.515. The molecule has 2 heterocycles. The van der Waals surface area contributed by atoms with E-state index in [4.69, 9.17) is 0 Å². The summed E-state index contributed by atoms with van der Waals surface area (Å²) in [4.78, 5) is 26.0. The molecule has 0 radical (unpaired) electrons. The number of aromatic nitrogens is 1. The van der Waals surface area contributed by atoms with Gasteiger partial charge in [0.2, 0.25) is 0 Å². The molecule has 1 saturated heterocycles. The summed E-state index contributed by atoms with van der Waals surface area (Å²) in [7, 11) is 0. The molecule has 0 aliphatic carbocycles. The van der Waals surface area contributed by atoms with Gasteiger partial charge in [0.15, 0.2) is 0 Å². The predicted molar refractivity (Wildman–Crippen MR) is 106 cm³/mol. The van der Waals surface area contributed by atoms with Crippen molar-refractivity contribution in [3.05, 3.63) is 69.3 Å². The maximum absolute atomic E-state index is 12.4. The van der Waals surface area contributed by atoms with Crippen molar-refractivity contribution in [2.24, 2.45) is 0 Å². The number of rotatable bonds is 4. The Hall–Kier alpha value is -2.05. The van der Waals surface area contributed by atoms with Gasteiger partial charge in [-0.2, -0.15) is 0 Å². The first-order valence-electron chi connectivity index (χ1n) is 7.73. The van der Waals surface area contributed by atoms with Crippen LogP contribution in [0.2, 0.25) is 0 Å². The van der Waals surface area contributed by atoms with E-state index in [-0.39, 0.29) is 17.7 Å². The summed E-state index contributed by atoms with van der Waals surface area (Å²) in [5, 5.41) is -0.253. The van der Waals surface area contributed by atoms with Crippen molar-refractivity contribution in [1.82, 2.24) is 9.47 Å². The van der Waals surface area contributed by atoms with Crippen LogP contribution in [0, 0.1) is 13.8 Å². The monoisotopic (exact) mass is 416 g/mol. The maximum Gasteiger partial charge on any atom is 0.293 e. The molecule has 0 N–H and O–H groups in total. The van der Waals surface area contributed by atoms with Crippen molar-refractivity contribution < 1.29 is 9.59 Å². The number of carbonyl (C=O) groups is 2. The number of nitrogens with zero attached hydrogens (tertiary/aromatic N) is 2. The number of halogens is 1. The van der Waals surface area contributed by atoms with Crippen molar-refractivity contribution in [2.75, 3.05) is 6.54 Å². The van der Waals surface area contributed by atoms with Crippen molar-refractivity contribution in [3.8, 4) is 5.69 Å². The maximum atomic E-state index is 12.4. The number of aryl methyl sites for hydroxylation is 1. The molecule has 25 heavy (non-hydrogen) atoms. The van der Waals surface area contributed by atoms with Crippen LogP contribution in [0.15, 0.2) is 52.4 Å². The molecular weight excluding hydrogens is 400 g/mol. The molecule has 6 heteroatoms. The average Bonchev–Trinajstić information content (AvgIpc) is 2.98. The van der Waals surface area contributed by atoms with Crippen LogP contribution in [0.1, 0.15) is 17.0 Å². The molecule has 2 aromatic rings. The lowest BCUT2D eigenvalue weighted by molar-refractivity contribution is -0.122. The lowest BCUT2D eigenvalue weighted by Crippen LogP contribution is -2.27. The van der Waals surface area contributed by atoms with Crippen LogP contribution in [-0.4, -0.2) is 27.2 Å². The highest BCUT2D eigenvalue weighted by atomic mass is 79.9. The molecule has 3 rings (SSSR count). The van der Waals surface area contributed by atoms with Crippen LogP contribution in [0.5, 0.6) is 0 Å². The molecule has 128 valence electrons. The molecule has 1 aliphatic rings. The van der Waals surface area contributed by atoms with Gasteiger partial charge in [-0.25, -0.2) is 0 Å². The van der Waals surface area contributed by atoms with Crippen LogP contribution in [0.4, 0.5) is 4.79 Å². The van der Waals surface area contributed by atoms with Gasteiger partial charge in [-0.3, -0.25) is 14.5 Å². The second-order valence-corrected chi connectivity index (χ2v) is 7.63. The number of imide groups is 1. The Morgan fingerprint density at radius 3 is 2.68 bits per heavy atom. The summed E-state index contributed by atoms with van der Waals surface area (Å²) < 4.78 is 3.13. The van der Waals surface area contributed by atoms with E-state index in [1.165, 1.54) is 4.90 Å². The topological polar surface area (TPSA) is 42.3 Å². The molecule has 0 saturated carbocycles. The van der Waals surface area contributed by atoms with Gasteiger partial charge in [-0.05, 0) is 61.5 Å². The Morgan fingerprint density at radius 1 is 1.24 bits per heavy atom. The minimum atomic E-state index is -0.262. The summed E-state index contributed by atoms with van der Waals surface area (Å²) >= 11 is 4.47. The minimum Gasteiger partial charge on any atom is -0.318 e. The van der Waals surface area contributed by atoms with Crippen LogP contribution >= 0.6 is 27.7 Å². The zero-order chi connectivity index (χ0) is 18.1. The van der Waals surface area contributed by atoms with Gasteiger partial charge in [-0.15, -0.1) is 6.58 Å². The summed E-state index contributed by atoms with van der Waals surface area (Å²) in [5.41, 5.74) is 4.06. The minimum absolute atomic E-state index is 0.235. The highest BCUT2D eigenvalue weighted by Crippen LogP contribution is 2.33. The highest BCUT2D eigenvalue weighted by Gasteiger charge is 2.34. The number of hydrogen-bond acceptors (Lipinski definition) is 3. The number of amides is 2. The van der Waals surface area contributed by atoms with Crippen LogP contribution in [-0.2, 0) is 4.79 Å². The van der Waals surface area contributed by atoms with E-state index in [0.29, 0.717) is 4.91 Å². The van der Waals surface area contributed by atoms with E-state index in [0.717, 1.165) is 38.9 Å². The number of benzene rings is 1. The lowest BCUT2D eigenvalue weighted by Gasteiger charge is -2.10. The van der Waals surface area contributed by atoms with E-state index < -0.39 is 0 Å². The zero-order valence-corrected chi connectivity index (χ0v) is 16.4. The Labute approximate surface area is 159 Å². The predicted octanol–water partition coefficient (Wildman–Crippen LogP) is 5.08. The van der Waals surface area contributed by atoms with Crippen molar-refractivity contribution in [1.29, 1.82) is 0 Å². The molecule has 0 atom stereocenters. The third kappa shape index (κ3) is 3.37. The number of hydrogen-bond donors (Lipinski definition) is 0. The van der Waals surface area contributed by atoms with Gasteiger partial charge in [0.25, 0.3) is 11.1 Å². The summed E-state index contributed by atoms with van der Waals surface area (Å²) in [5.74, 6) is -0.262. The largest absolute Gasteiger partial charge is 0.318 e. The standard InChI is InChI=1S/C19H17BrN2O2S/c1-4-8-21-18(23)17(25-19(21)24)10-14-9-12(2)22(13(14)3)16-7-5-6-15(20)11-16/h4-7,9-11H,1,8H2,2-3H3/b17-10+. The van der Waals surface area contributed by atoms with Crippen LogP contribution in [0.3, 0.4) is 0 Å². The summed E-state index contributed by atoms with van der Waals surface area (Å²) in [6.07, 6.45) is 3.35. The van der Waals surface area contributed by atoms with Crippen molar-refractivity contribution in [2.45, 2.75) is 13.8 Å². The summed E-state index contributed by atoms with van der Waals surface area (Å²) in [6.45, 7) is 7.86. The second-order valence-electron chi connectivity index (χ2n) is 5.72. The third-order valence-electron chi connectivity index (χ3n) is 4.01. The van der Waals surface area contributed by atoms with Crippen LogP contribution in [0.25, 0.3) is 11.8 Å². The fourth-order valence-corrected chi connectivity index (χ4v) is 4.10. The van der Waals surface area contributed by atoms with Gasteiger partial charge in [0.1, 0.15) is 0 Å². The lowest BCUT2D eigenvalue weighted by atomic mass is 10.2. The van der Waals surface area contributed by atoms with Gasteiger partial charge < -0.3 is 4.57 Å². The Morgan fingerprint density at radius 2 is 2.00 bits per heavy atom. The first-order chi connectivity index (χ1) is 11.9. The fourth-order valence-electron chi connectivity index (χ4n) is 2.87. The Kier molecular flexibility index (Phi) is 5.01. The molecular formula is C19H17BrN2O2S. The molecule has 1 aromatic carbocycles. The normalized spacial score (nSPS) is 16.1. The van der Waals surface area contributed by atoms with Gasteiger partial charge in [0.05, 0.1) is 4.91 Å². The van der Waals surface area contributed by atoms with E-state index in [1.54, 1.807) is 12.2 Å². The first-order valence-corrected chi connectivity index (χ1v) is 9.34. The van der Waals surface area contributed by atoms with Gasteiger partial charge in [0, 0.05) is 28.1 Å². The molecule has 0 unspecified atom stereocenters. The average molecular weight is 417 g/mol. The number of thioether (sulfide) groups is 1. The smallest absolute Gasteiger partial charge is 0.293 e. The fraction of sp³-hybridized carbons (Fsp3) is 0.158. The van der Waals surface area contributed by atoms with Crippen LogP contribution < -0.4 is 0 Å². The Balaban J connectivity index is 2.00. The van der Waals surface area contributed by atoms with E-state index in [1.807, 2.05) is 44.2 Å². The molecule has 0 bridgehead atoms. The molecule has 2 amide bonds. The van der Waals surface area contributed by atoms with E-state index in [2.05, 4.69) is 27.1 Å². The summed E-state index contributed by atoms with van der Waals surface area (Å²) in [6, 6.07) is 10.1. The Bertz CT molecular complexity index is 914. The molecule has 1 aromatic heterocycles. The molecule has 1 fully saturated rings. The molecule has 0 spiro atoms. The van der Waals surface area contributed by atoms with Crippen molar-refractivity contribution >= 4 is 44.9 Å². The van der Waals surface area contributed by atoms with Crippen molar-refractivity contribution in [3.63, 3.8) is 0 Å². The highest BCUT2D eigenvalue weighted by molar-refractivity contribution is 9.10. The van der Waals surface area contributed by atoms with E-state index in [9.17, 15) is 9.59 Å². The van der Waals surface area contributed by atoms with E-state index >= 15 is 0 Å². The SMILES string of the molecule is C=CCN1C(=O)S/C(=C/c2cc(C)n(-c3cccc(Br)c3)c2C)C1=O. The second kappa shape index (κ2) is 7.06. The first kappa shape index (κ1) is 17.8. The number of carbonyl (C=O) groups excluding carboxylic acids is 2. The third-order valence-corrected chi connectivity index (χ3v) is 5.41. The molecule has 1 aliphatic heterocycles. The van der Waals surface area contributed by atoms with Gasteiger partial charge >= 0.3 is 0 Å².